The second-order valence-electron chi connectivity index (χ2n) is 3.46. The molecule has 0 fully saturated rings. The lowest BCUT2D eigenvalue weighted by molar-refractivity contribution is -0.183. The summed E-state index contributed by atoms with van der Waals surface area (Å²) in [7, 11) is 0. The number of alkyl halides is 3. The molecular formula is C13H14F3NO2. The van der Waals surface area contributed by atoms with Gasteiger partial charge in [0.05, 0.1) is 0 Å². The molecule has 1 aromatic heterocycles. The number of hydrogen-bond acceptors (Lipinski definition) is 3. The molecule has 0 spiro atoms. The summed E-state index contributed by atoms with van der Waals surface area (Å²) in [6.45, 7) is 6.44. The first-order chi connectivity index (χ1) is 8.76. The zero-order chi connectivity index (χ0) is 14.9. The Hall–Kier alpha value is -2.11. The number of nitrogens with zero attached hydrogens (tertiary/aromatic N) is 1. The average Bonchev–Trinajstić information content (AvgIpc) is 2.36. The summed E-state index contributed by atoms with van der Waals surface area (Å²) in [5, 5.41) is 0. The zero-order valence-electron chi connectivity index (χ0n) is 10.4. The van der Waals surface area contributed by atoms with Gasteiger partial charge in [0.25, 0.3) is 0 Å². The lowest BCUT2D eigenvalue weighted by Gasteiger charge is -2.06. The quantitative estimate of drug-likeness (QED) is 0.626. The highest BCUT2D eigenvalue weighted by Gasteiger charge is 2.29. The maximum Gasteiger partial charge on any atom is 0.422 e. The number of carbonyl (C=O) groups excluding carboxylic acids is 1. The molecule has 0 aliphatic heterocycles. The van der Waals surface area contributed by atoms with Crippen molar-refractivity contribution in [3.8, 4) is 0 Å². The molecule has 1 heterocycles. The van der Waals surface area contributed by atoms with E-state index < -0.39 is 18.8 Å². The minimum absolute atomic E-state index is 0.0470. The Morgan fingerprint density at radius 3 is 2.26 bits per heavy atom. The molecule has 6 heteroatoms. The van der Waals surface area contributed by atoms with Crippen LogP contribution in [0.25, 0.3) is 6.08 Å². The first kappa shape index (κ1) is 16.9. The van der Waals surface area contributed by atoms with E-state index in [1.54, 1.807) is 18.5 Å². The van der Waals surface area contributed by atoms with E-state index >= 15 is 0 Å². The van der Waals surface area contributed by atoms with Crippen LogP contribution >= 0.6 is 0 Å². The summed E-state index contributed by atoms with van der Waals surface area (Å²) in [5.41, 5.74) is 1.06. The molecule has 0 atom stereocenters. The highest BCUT2D eigenvalue weighted by atomic mass is 19.4. The summed E-state index contributed by atoms with van der Waals surface area (Å²) in [4.78, 5) is 14.2. The van der Waals surface area contributed by atoms with Gasteiger partial charge in [-0.2, -0.15) is 13.2 Å². The molecule has 1 aromatic rings. The van der Waals surface area contributed by atoms with E-state index in [-0.39, 0.29) is 5.57 Å². The number of pyridine rings is 1. The number of aromatic nitrogens is 1. The predicted molar refractivity (Wildman–Crippen MR) is 66.2 cm³/mol. The molecule has 19 heavy (non-hydrogen) atoms. The second kappa shape index (κ2) is 8.07. The van der Waals surface area contributed by atoms with Crippen molar-refractivity contribution in [3.05, 3.63) is 48.8 Å². The van der Waals surface area contributed by atoms with E-state index in [0.29, 0.717) is 0 Å². The fourth-order valence-electron chi connectivity index (χ4n) is 0.770. The fourth-order valence-corrected chi connectivity index (χ4v) is 0.770. The van der Waals surface area contributed by atoms with Gasteiger partial charge in [0.1, 0.15) is 0 Å². The summed E-state index contributed by atoms with van der Waals surface area (Å²) in [6.07, 6.45) is 0.820. The second-order valence-corrected chi connectivity index (χ2v) is 3.46. The Morgan fingerprint density at radius 2 is 1.95 bits per heavy atom. The number of esters is 1. The number of ether oxygens (including phenoxy) is 1. The van der Waals surface area contributed by atoms with Gasteiger partial charge in [-0.3, -0.25) is 4.98 Å². The highest BCUT2D eigenvalue weighted by molar-refractivity contribution is 5.86. The van der Waals surface area contributed by atoms with Gasteiger partial charge in [-0.15, -0.1) is 0 Å². The highest BCUT2D eigenvalue weighted by Crippen LogP contribution is 2.14. The van der Waals surface area contributed by atoms with Gasteiger partial charge < -0.3 is 4.74 Å². The molecule has 1 rings (SSSR count). The normalized spacial score (nSPS) is 9.89. The van der Waals surface area contributed by atoms with Crippen LogP contribution in [0, 0.1) is 0 Å². The van der Waals surface area contributed by atoms with Crippen molar-refractivity contribution in [2.24, 2.45) is 0 Å². The van der Waals surface area contributed by atoms with Gasteiger partial charge in [0.2, 0.25) is 0 Å². The van der Waals surface area contributed by atoms with Gasteiger partial charge in [-0.25, -0.2) is 4.79 Å². The molecule has 0 saturated heterocycles. The van der Waals surface area contributed by atoms with Crippen LogP contribution in [0.4, 0.5) is 13.2 Å². The van der Waals surface area contributed by atoms with Gasteiger partial charge in [0.15, 0.2) is 6.61 Å². The van der Waals surface area contributed by atoms with Gasteiger partial charge in [-0.05, 0) is 24.6 Å². The molecule has 0 aliphatic carbocycles. The molecule has 0 aliphatic rings. The summed E-state index contributed by atoms with van der Waals surface area (Å²) in [6, 6.07) is 3.82. The maximum absolute atomic E-state index is 11.4. The van der Waals surface area contributed by atoms with Crippen LogP contribution in [0.1, 0.15) is 12.5 Å². The van der Waals surface area contributed by atoms with E-state index in [2.05, 4.69) is 22.9 Å². The summed E-state index contributed by atoms with van der Waals surface area (Å²) < 4.78 is 37.9. The van der Waals surface area contributed by atoms with Crippen molar-refractivity contribution >= 4 is 12.0 Å². The van der Waals surface area contributed by atoms with Gasteiger partial charge in [0, 0.05) is 18.0 Å². The molecule has 0 aromatic carbocycles. The lowest BCUT2D eigenvalue weighted by Crippen LogP contribution is -2.20. The molecule has 0 unspecified atom stereocenters. The standard InChI is InChI=1S/C7H7N.C6H7F3O2/c1-2-7-3-5-8-6-4-7;1-4(2)5(10)11-3-6(7,8)9/h2-6H,1H2;1,3H2,2H3. The van der Waals surface area contributed by atoms with E-state index in [1.807, 2.05) is 12.1 Å². The molecular weight excluding hydrogens is 259 g/mol. The van der Waals surface area contributed by atoms with Crippen LogP contribution in [-0.2, 0) is 9.53 Å². The minimum Gasteiger partial charge on any atom is -0.453 e. The molecule has 104 valence electrons. The van der Waals surface area contributed by atoms with Crippen LogP contribution in [0.2, 0.25) is 0 Å². The third-order valence-corrected chi connectivity index (χ3v) is 1.66. The molecule has 0 N–H and O–H groups in total. The van der Waals surface area contributed by atoms with E-state index in [9.17, 15) is 18.0 Å². The van der Waals surface area contributed by atoms with Crippen LogP contribution in [0.5, 0.6) is 0 Å². The smallest absolute Gasteiger partial charge is 0.422 e. The van der Waals surface area contributed by atoms with Crippen LogP contribution in [0.15, 0.2) is 43.3 Å². The third-order valence-electron chi connectivity index (χ3n) is 1.66. The maximum atomic E-state index is 11.4. The van der Waals surface area contributed by atoms with Gasteiger partial charge >= 0.3 is 12.1 Å². The first-order valence-corrected chi connectivity index (χ1v) is 5.18. The Balaban J connectivity index is 0.000000356. The molecule has 0 radical (unpaired) electrons. The predicted octanol–water partition coefficient (Wildman–Crippen LogP) is 3.39. The molecule has 0 bridgehead atoms. The fraction of sp³-hybridized carbons (Fsp3) is 0.231. The van der Waals surface area contributed by atoms with Crippen molar-refractivity contribution in [3.63, 3.8) is 0 Å². The molecule has 0 saturated carbocycles. The Morgan fingerprint density at radius 1 is 1.42 bits per heavy atom. The molecule has 3 nitrogen and oxygen atoms in total. The SMILES string of the molecule is C=C(C)C(=O)OCC(F)(F)F.C=Cc1ccncc1. The van der Waals surface area contributed by atoms with Crippen molar-refractivity contribution in [1.82, 2.24) is 4.98 Å². The number of carbonyl (C=O) groups is 1. The van der Waals surface area contributed by atoms with Gasteiger partial charge in [-0.1, -0.05) is 19.2 Å². The average molecular weight is 273 g/mol. The van der Waals surface area contributed by atoms with Crippen molar-refractivity contribution in [2.75, 3.05) is 6.61 Å². The van der Waals surface area contributed by atoms with Crippen LogP contribution in [0.3, 0.4) is 0 Å². The van der Waals surface area contributed by atoms with Crippen LogP contribution in [-0.4, -0.2) is 23.7 Å². The Kier molecular flexibility index (Phi) is 7.18. The topological polar surface area (TPSA) is 39.2 Å². The molecule has 0 amide bonds. The minimum atomic E-state index is -4.47. The lowest BCUT2D eigenvalue weighted by atomic mass is 10.3. The Labute approximate surface area is 109 Å². The third kappa shape index (κ3) is 9.58. The van der Waals surface area contributed by atoms with Crippen molar-refractivity contribution in [2.45, 2.75) is 13.1 Å². The first-order valence-electron chi connectivity index (χ1n) is 5.18. The van der Waals surface area contributed by atoms with Crippen molar-refractivity contribution in [1.29, 1.82) is 0 Å². The van der Waals surface area contributed by atoms with E-state index in [0.717, 1.165) is 5.56 Å². The summed E-state index contributed by atoms with van der Waals surface area (Å²) >= 11 is 0. The Bertz CT molecular complexity index is 427. The van der Waals surface area contributed by atoms with Crippen LogP contribution < -0.4 is 0 Å². The summed E-state index contributed by atoms with van der Waals surface area (Å²) in [5.74, 6) is -1.03. The number of hydrogen-bond donors (Lipinski definition) is 0. The number of halogens is 3. The monoisotopic (exact) mass is 273 g/mol. The number of rotatable bonds is 3. The largest absolute Gasteiger partial charge is 0.453 e. The zero-order valence-corrected chi connectivity index (χ0v) is 10.4. The van der Waals surface area contributed by atoms with Crippen molar-refractivity contribution < 1.29 is 22.7 Å². The van der Waals surface area contributed by atoms with E-state index in [1.165, 1.54) is 6.92 Å². The van der Waals surface area contributed by atoms with E-state index in [4.69, 9.17) is 0 Å².